The second kappa shape index (κ2) is 3.42. The van der Waals surface area contributed by atoms with Crippen molar-refractivity contribution in [2.24, 2.45) is 0 Å². The molecule has 1 N–H and O–H groups in total. The molecule has 1 aromatic carbocycles. The number of carbonyl (C=O) groups is 1. The minimum atomic E-state index is -1.00. The van der Waals surface area contributed by atoms with Gasteiger partial charge in [-0.15, -0.1) is 0 Å². The van der Waals surface area contributed by atoms with Gasteiger partial charge in [-0.25, -0.2) is 4.79 Å². The summed E-state index contributed by atoms with van der Waals surface area (Å²) in [6.07, 6.45) is -1.00. The zero-order valence-corrected chi connectivity index (χ0v) is 7.93. The number of rotatable bonds is 1. The number of hydrogen-bond acceptors (Lipinski definition) is 3. The maximum absolute atomic E-state index is 11.0. The van der Waals surface area contributed by atoms with Crippen LogP contribution in [-0.2, 0) is 9.53 Å². The molecule has 0 bridgehead atoms. The van der Waals surface area contributed by atoms with Crippen LogP contribution in [0.4, 0.5) is 0 Å². The highest BCUT2D eigenvalue weighted by Crippen LogP contribution is 2.26. The van der Waals surface area contributed by atoms with Crippen molar-refractivity contribution in [2.75, 3.05) is 6.61 Å². The third kappa shape index (κ3) is 1.51. The van der Waals surface area contributed by atoms with Crippen molar-refractivity contribution in [1.82, 2.24) is 0 Å². The maximum Gasteiger partial charge on any atom is 0.335 e. The Balaban J connectivity index is 2.23. The van der Waals surface area contributed by atoms with E-state index in [-0.39, 0.29) is 12.5 Å². The molecule has 1 aromatic rings. The maximum atomic E-state index is 11.0. The van der Waals surface area contributed by atoms with Gasteiger partial charge in [0.2, 0.25) is 0 Å². The number of aliphatic hydroxyl groups excluding tert-OH is 1. The number of hydrogen-bond donors (Lipinski definition) is 1. The Kier molecular flexibility index (Phi) is 2.25. The summed E-state index contributed by atoms with van der Waals surface area (Å²) in [6, 6.07) is 7.77. The number of benzene rings is 1. The van der Waals surface area contributed by atoms with Crippen molar-refractivity contribution >= 4 is 5.97 Å². The van der Waals surface area contributed by atoms with E-state index in [1.54, 1.807) is 0 Å². The lowest BCUT2D eigenvalue weighted by Crippen LogP contribution is -2.19. The Morgan fingerprint density at radius 1 is 1.36 bits per heavy atom. The van der Waals surface area contributed by atoms with Crippen LogP contribution in [0, 0.1) is 6.92 Å². The molecule has 0 aromatic heterocycles. The lowest BCUT2D eigenvalue weighted by atomic mass is 9.95. The van der Waals surface area contributed by atoms with Gasteiger partial charge in [0.15, 0.2) is 6.10 Å². The summed E-state index contributed by atoms with van der Waals surface area (Å²) < 4.78 is 4.77. The second-order valence-corrected chi connectivity index (χ2v) is 3.59. The van der Waals surface area contributed by atoms with Crippen LogP contribution < -0.4 is 0 Å². The van der Waals surface area contributed by atoms with Crippen molar-refractivity contribution in [3.05, 3.63) is 35.4 Å². The molecule has 0 saturated carbocycles. The van der Waals surface area contributed by atoms with E-state index in [0.717, 1.165) is 11.1 Å². The normalized spacial score (nSPS) is 26.3. The van der Waals surface area contributed by atoms with E-state index in [2.05, 4.69) is 0 Å². The van der Waals surface area contributed by atoms with Gasteiger partial charge < -0.3 is 9.84 Å². The topological polar surface area (TPSA) is 46.5 Å². The Hall–Kier alpha value is -1.35. The smallest absolute Gasteiger partial charge is 0.335 e. The summed E-state index contributed by atoms with van der Waals surface area (Å²) in [7, 11) is 0. The first-order valence-corrected chi connectivity index (χ1v) is 4.60. The highest BCUT2D eigenvalue weighted by atomic mass is 16.6. The zero-order valence-electron chi connectivity index (χ0n) is 7.93. The van der Waals surface area contributed by atoms with Crippen molar-refractivity contribution in [2.45, 2.75) is 18.9 Å². The molecule has 3 nitrogen and oxygen atoms in total. The van der Waals surface area contributed by atoms with Crippen LogP contribution in [0.5, 0.6) is 0 Å². The van der Waals surface area contributed by atoms with Gasteiger partial charge in [-0.1, -0.05) is 29.8 Å². The largest absolute Gasteiger partial charge is 0.463 e. The van der Waals surface area contributed by atoms with Crippen molar-refractivity contribution in [3.8, 4) is 0 Å². The summed E-state index contributed by atoms with van der Waals surface area (Å²) in [5, 5.41) is 9.51. The number of esters is 1. The monoisotopic (exact) mass is 192 g/mol. The quantitative estimate of drug-likeness (QED) is 0.675. The molecule has 1 heterocycles. The number of carbonyl (C=O) groups excluding carboxylic acids is 1. The third-order valence-corrected chi connectivity index (χ3v) is 2.53. The van der Waals surface area contributed by atoms with Crippen LogP contribution in [-0.4, -0.2) is 23.8 Å². The van der Waals surface area contributed by atoms with Crippen LogP contribution in [0.1, 0.15) is 17.0 Å². The molecule has 0 spiro atoms. The van der Waals surface area contributed by atoms with E-state index in [4.69, 9.17) is 4.74 Å². The SMILES string of the molecule is Cc1ccc(C2COC(=O)C2O)cc1. The first-order chi connectivity index (χ1) is 6.68. The molecule has 1 fully saturated rings. The van der Waals surface area contributed by atoms with Gasteiger partial charge in [0, 0.05) is 0 Å². The van der Waals surface area contributed by atoms with E-state index >= 15 is 0 Å². The van der Waals surface area contributed by atoms with Gasteiger partial charge in [0.1, 0.15) is 6.61 Å². The molecule has 0 amide bonds. The van der Waals surface area contributed by atoms with Gasteiger partial charge in [-0.3, -0.25) is 0 Å². The Bertz CT molecular complexity index is 342. The molecule has 14 heavy (non-hydrogen) atoms. The van der Waals surface area contributed by atoms with Crippen LogP contribution >= 0.6 is 0 Å². The number of ether oxygens (including phenoxy) is 1. The number of cyclic esters (lactones) is 1. The Morgan fingerprint density at radius 2 is 2.00 bits per heavy atom. The molecule has 2 rings (SSSR count). The molecule has 1 aliphatic heterocycles. The van der Waals surface area contributed by atoms with Crippen molar-refractivity contribution in [1.29, 1.82) is 0 Å². The summed E-state index contributed by atoms with van der Waals surface area (Å²) in [5.41, 5.74) is 2.11. The highest BCUT2D eigenvalue weighted by molar-refractivity contribution is 5.78. The minimum Gasteiger partial charge on any atom is -0.463 e. The molecule has 74 valence electrons. The van der Waals surface area contributed by atoms with Crippen molar-refractivity contribution < 1.29 is 14.6 Å². The molecule has 0 radical (unpaired) electrons. The van der Waals surface area contributed by atoms with Gasteiger partial charge in [-0.05, 0) is 12.5 Å². The van der Waals surface area contributed by atoms with E-state index in [0.29, 0.717) is 0 Å². The third-order valence-electron chi connectivity index (χ3n) is 2.53. The molecule has 3 heteroatoms. The standard InChI is InChI=1S/C11H12O3/c1-7-2-4-8(5-3-7)9-6-14-11(13)10(9)12/h2-5,9-10,12H,6H2,1H3. The second-order valence-electron chi connectivity index (χ2n) is 3.59. The Morgan fingerprint density at radius 3 is 2.50 bits per heavy atom. The molecular weight excluding hydrogens is 180 g/mol. The van der Waals surface area contributed by atoms with E-state index in [1.165, 1.54) is 0 Å². The summed E-state index contributed by atoms with van der Waals surface area (Å²) >= 11 is 0. The summed E-state index contributed by atoms with van der Waals surface area (Å²) in [5.74, 6) is -0.723. The Labute approximate surface area is 82.3 Å². The average molecular weight is 192 g/mol. The van der Waals surface area contributed by atoms with Crippen LogP contribution in [0.2, 0.25) is 0 Å². The lowest BCUT2D eigenvalue weighted by molar-refractivity contribution is -0.144. The molecule has 0 aliphatic carbocycles. The molecule has 2 unspecified atom stereocenters. The van der Waals surface area contributed by atoms with Crippen LogP contribution in [0.15, 0.2) is 24.3 Å². The van der Waals surface area contributed by atoms with Crippen LogP contribution in [0.3, 0.4) is 0 Å². The van der Waals surface area contributed by atoms with Crippen LogP contribution in [0.25, 0.3) is 0 Å². The fourth-order valence-corrected chi connectivity index (χ4v) is 1.60. The van der Waals surface area contributed by atoms with Gasteiger partial charge in [0.05, 0.1) is 5.92 Å². The zero-order chi connectivity index (χ0) is 10.1. The van der Waals surface area contributed by atoms with Gasteiger partial charge in [0.25, 0.3) is 0 Å². The predicted molar refractivity (Wildman–Crippen MR) is 50.9 cm³/mol. The molecule has 2 atom stereocenters. The summed E-state index contributed by atoms with van der Waals surface area (Å²) in [6.45, 7) is 2.28. The van der Waals surface area contributed by atoms with E-state index in [1.807, 2.05) is 31.2 Å². The summed E-state index contributed by atoms with van der Waals surface area (Å²) in [4.78, 5) is 11.0. The first-order valence-electron chi connectivity index (χ1n) is 4.60. The average Bonchev–Trinajstić information content (AvgIpc) is 2.50. The predicted octanol–water partition coefficient (Wildman–Crippen LogP) is 0.996. The van der Waals surface area contributed by atoms with Gasteiger partial charge >= 0.3 is 5.97 Å². The van der Waals surface area contributed by atoms with Crippen molar-refractivity contribution in [3.63, 3.8) is 0 Å². The minimum absolute atomic E-state index is 0.205. The molecular formula is C11H12O3. The van der Waals surface area contributed by atoms with E-state index < -0.39 is 12.1 Å². The lowest BCUT2D eigenvalue weighted by Gasteiger charge is -2.10. The molecule has 1 saturated heterocycles. The van der Waals surface area contributed by atoms with Gasteiger partial charge in [-0.2, -0.15) is 0 Å². The first kappa shape index (κ1) is 9.21. The fourth-order valence-electron chi connectivity index (χ4n) is 1.60. The number of aryl methyl sites for hydroxylation is 1. The molecule has 1 aliphatic rings. The number of aliphatic hydroxyl groups is 1. The highest BCUT2D eigenvalue weighted by Gasteiger charge is 2.35. The fraction of sp³-hybridized carbons (Fsp3) is 0.364. The van der Waals surface area contributed by atoms with E-state index in [9.17, 15) is 9.90 Å².